The van der Waals surface area contributed by atoms with Crippen molar-refractivity contribution in [1.29, 1.82) is 0 Å². The normalized spacial score (nSPS) is 21.2. The fourth-order valence-electron chi connectivity index (χ4n) is 4.91. The molecule has 1 aliphatic heterocycles. The molecule has 0 bridgehead atoms. The number of nitrogens with zero attached hydrogens (tertiary/aromatic N) is 1. The summed E-state index contributed by atoms with van der Waals surface area (Å²) in [7, 11) is 0. The van der Waals surface area contributed by atoms with Crippen LogP contribution in [0.2, 0.25) is 0 Å². The minimum absolute atomic E-state index is 0.0615. The second kappa shape index (κ2) is 14.8. The molecule has 2 unspecified atom stereocenters. The lowest BCUT2D eigenvalue weighted by atomic mass is 9.85. The molecule has 1 aliphatic carbocycles. The van der Waals surface area contributed by atoms with Gasteiger partial charge in [-0.3, -0.25) is 14.5 Å². The Bertz CT molecular complexity index is 473. The minimum Gasteiger partial charge on any atom is -0.282 e. The van der Waals surface area contributed by atoms with Crippen LogP contribution >= 0.6 is 0 Å². The Morgan fingerprint density at radius 3 is 1.34 bits per heavy atom. The Balaban J connectivity index is 1.35. The minimum atomic E-state index is -0.0615. The molecule has 0 aromatic heterocycles. The highest BCUT2D eigenvalue weighted by Crippen LogP contribution is 2.35. The smallest absolute Gasteiger partial charge is 0.233 e. The fraction of sp³-hybridized carbons (Fsp3) is 0.846. The predicted molar refractivity (Wildman–Crippen MR) is 122 cm³/mol. The van der Waals surface area contributed by atoms with Gasteiger partial charge in [-0.25, -0.2) is 0 Å². The number of carbonyl (C=O) groups is 2. The van der Waals surface area contributed by atoms with Gasteiger partial charge in [0, 0.05) is 6.54 Å². The number of likely N-dealkylation sites (tertiary alicyclic amines) is 1. The average Bonchev–Trinajstić information content (AvgIpc) is 2.98. The van der Waals surface area contributed by atoms with Crippen LogP contribution in [0.1, 0.15) is 122 Å². The van der Waals surface area contributed by atoms with Crippen LogP contribution in [0.4, 0.5) is 0 Å². The molecule has 0 aromatic rings. The molecule has 2 rings (SSSR count). The molecule has 1 saturated heterocycles. The summed E-state index contributed by atoms with van der Waals surface area (Å²) in [6, 6.07) is 0. The number of fused-ring (bicyclic) bond motifs is 1. The molecule has 2 aliphatic rings. The summed E-state index contributed by atoms with van der Waals surface area (Å²) in [5.74, 6) is 0.0535. The van der Waals surface area contributed by atoms with Gasteiger partial charge in [-0.05, 0) is 19.3 Å². The molecule has 0 N–H and O–H groups in total. The van der Waals surface area contributed by atoms with Gasteiger partial charge < -0.3 is 0 Å². The summed E-state index contributed by atoms with van der Waals surface area (Å²) >= 11 is 0. The number of rotatable bonds is 17. The van der Waals surface area contributed by atoms with E-state index >= 15 is 0 Å². The first kappa shape index (κ1) is 24.2. The van der Waals surface area contributed by atoms with Crippen LogP contribution in [0, 0.1) is 11.8 Å². The van der Waals surface area contributed by atoms with Crippen LogP contribution in [0.15, 0.2) is 12.2 Å². The Morgan fingerprint density at radius 1 is 0.621 bits per heavy atom. The van der Waals surface area contributed by atoms with Crippen LogP contribution in [0.25, 0.3) is 0 Å². The molecule has 0 aromatic carbocycles. The summed E-state index contributed by atoms with van der Waals surface area (Å²) in [4.78, 5) is 26.4. The molecular formula is C26H45NO2. The number of hydrogen-bond acceptors (Lipinski definition) is 2. The van der Waals surface area contributed by atoms with E-state index in [9.17, 15) is 9.59 Å². The topological polar surface area (TPSA) is 37.4 Å². The number of hydrogen-bond donors (Lipinski definition) is 0. The number of imide groups is 1. The predicted octanol–water partition coefficient (Wildman–Crippen LogP) is 7.20. The highest BCUT2D eigenvalue weighted by Gasteiger charge is 2.46. The van der Waals surface area contributed by atoms with Gasteiger partial charge in [0.05, 0.1) is 11.8 Å². The van der Waals surface area contributed by atoms with Crippen LogP contribution in [-0.2, 0) is 9.59 Å². The number of unbranched alkanes of at least 4 members (excludes halogenated alkanes) is 15. The summed E-state index contributed by atoms with van der Waals surface area (Å²) in [6.07, 6.45) is 27.1. The fourth-order valence-corrected chi connectivity index (χ4v) is 4.91. The van der Waals surface area contributed by atoms with Crippen molar-refractivity contribution in [3.8, 4) is 0 Å². The van der Waals surface area contributed by atoms with Crippen molar-refractivity contribution in [1.82, 2.24) is 4.90 Å². The van der Waals surface area contributed by atoms with E-state index in [1.807, 2.05) is 0 Å². The quantitative estimate of drug-likeness (QED) is 0.146. The number of amides is 2. The van der Waals surface area contributed by atoms with Crippen LogP contribution in [0.3, 0.4) is 0 Å². The lowest BCUT2D eigenvalue weighted by molar-refractivity contribution is -0.139. The van der Waals surface area contributed by atoms with Gasteiger partial charge in [-0.1, -0.05) is 115 Å². The van der Waals surface area contributed by atoms with E-state index in [2.05, 4.69) is 19.1 Å². The zero-order valence-corrected chi connectivity index (χ0v) is 19.0. The van der Waals surface area contributed by atoms with Gasteiger partial charge in [0.15, 0.2) is 0 Å². The Kier molecular flexibility index (Phi) is 12.3. The molecule has 0 saturated carbocycles. The first-order valence-corrected chi connectivity index (χ1v) is 12.8. The maximum Gasteiger partial charge on any atom is 0.233 e. The lowest BCUT2D eigenvalue weighted by Crippen LogP contribution is -2.32. The second-order valence-electron chi connectivity index (χ2n) is 9.29. The van der Waals surface area contributed by atoms with Gasteiger partial charge >= 0.3 is 0 Å². The zero-order chi connectivity index (χ0) is 20.7. The van der Waals surface area contributed by atoms with E-state index in [-0.39, 0.29) is 23.7 Å². The Morgan fingerprint density at radius 2 is 0.966 bits per heavy atom. The lowest BCUT2D eigenvalue weighted by Gasteiger charge is -2.14. The summed E-state index contributed by atoms with van der Waals surface area (Å²) in [6.45, 7) is 2.92. The third-order valence-corrected chi connectivity index (χ3v) is 6.83. The van der Waals surface area contributed by atoms with Crippen molar-refractivity contribution in [2.24, 2.45) is 11.8 Å². The van der Waals surface area contributed by atoms with E-state index in [1.54, 1.807) is 4.90 Å². The van der Waals surface area contributed by atoms with Crippen LogP contribution in [-0.4, -0.2) is 23.3 Å². The summed E-state index contributed by atoms with van der Waals surface area (Å²) in [5.41, 5.74) is 0. The van der Waals surface area contributed by atoms with Crippen molar-refractivity contribution in [2.75, 3.05) is 6.54 Å². The van der Waals surface area contributed by atoms with Gasteiger partial charge in [-0.2, -0.15) is 0 Å². The molecule has 0 radical (unpaired) electrons. The van der Waals surface area contributed by atoms with Crippen LogP contribution in [0.5, 0.6) is 0 Å². The third kappa shape index (κ3) is 8.64. The van der Waals surface area contributed by atoms with Crippen molar-refractivity contribution in [2.45, 2.75) is 122 Å². The number of allylic oxidation sites excluding steroid dienone is 2. The monoisotopic (exact) mass is 403 g/mol. The SMILES string of the molecule is CCCCCCCCCCCCCCCCCCN1C(=O)C2CC=CCC2C1=O. The van der Waals surface area contributed by atoms with E-state index < -0.39 is 0 Å². The van der Waals surface area contributed by atoms with E-state index in [0.29, 0.717) is 6.54 Å². The van der Waals surface area contributed by atoms with Gasteiger partial charge in [0.1, 0.15) is 0 Å². The first-order chi connectivity index (χ1) is 14.3. The van der Waals surface area contributed by atoms with Gasteiger partial charge in [0.2, 0.25) is 11.8 Å². The van der Waals surface area contributed by atoms with Gasteiger partial charge in [0.25, 0.3) is 0 Å². The van der Waals surface area contributed by atoms with Crippen LogP contribution < -0.4 is 0 Å². The third-order valence-electron chi connectivity index (χ3n) is 6.83. The highest BCUT2D eigenvalue weighted by atomic mass is 16.2. The molecule has 2 atom stereocenters. The molecule has 3 nitrogen and oxygen atoms in total. The maximum atomic E-state index is 12.4. The zero-order valence-electron chi connectivity index (χ0n) is 19.0. The van der Waals surface area contributed by atoms with Gasteiger partial charge in [-0.15, -0.1) is 0 Å². The molecular weight excluding hydrogens is 358 g/mol. The molecule has 0 spiro atoms. The van der Waals surface area contributed by atoms with E-state index in [4.69, 9.17) is 0 Å². The molecule has 1 heterocycles. The standard InChI is InChI=1S/C26H45NO2/c1-2-3-4-5-6-7-8-9-10-11-12-13-14-15-16-19-22-27-25(28)23-20-17-18-21-24(23)26(27)29/h17-18,23-24H,2-16,19-22H2,1H3. The van der Waals surface area contributed by atoms with Crippen molar-refractivity contribution >= 4 is 11.8 Å². The van der Waals surface area contributed by atoms with E-state index in [1.165, 1.54) is 89.9 Å². The molecule has 3 heteroatoms. The molecule has 166 valence electrons. The van der Waals surface area contributed by atoms with Crippen molar-refractivity contribution in [3.05, 3.63) is 12.2 Å². The molecule has 29 heavy (non-hydrogen) atoms. The Hall–Kier alpha value is -1.12. The molecule has 1 fully saturated rings. The maximum absolute atomic E-state index is 12.4. The second-order valence-corrected chi connectivity index (χ2v) is 9.29. The Labute approximate surface area is 179 Å². The van der Waals surface area contributed by atoms with Crippen molar-refractivity contribution < 1.29 is 9.59 Å². The average molecular weight is 404 g/mol. The highest BCUT2D eigenvalue weighted by molar-refractivity contribution is 6.05. The summed E-state index contributed by atoms with van der Waals surface area (Å²) < 4.78 is 0. The van der Waals surface area contributed by atoms with E-state index in [0.717, 1.165) is 25.7 Å². The first-order valence-electron chi connectivity index (χ1n) is 12.8. The molecule has 2 amide bonds. The van der Waals surface area contributed by atoms with Crippen molar-refractivity contribution in [3.63, 3.8) is 0 Å². The largest absolute Gasteiger partial charge is 0.282 e. The number of carbonyl (C=O) groups excluding carboxylic acids is 2. The summed E-state index contributed by atoms with van der Waals surface area (Å²) in [5, 5.41) is 0.